The fourth-order valence-electron chi connectivity index (χ4n) is 2.17. The van der Waals surface area contributed by atoms with E-state index in [0.717, 1.165) is 22.6 Å². The first-order valence-electron chi connectivity index (χ1n) is 7.20. The molecule has 0 saturated carbocycles. The Bertz CT molecular complexity index is 793. The lowest BCUT2D eigenvalue weighted by atomic mass is 10.1. The van der Waals surface area contributed by atoms with Gasteiger partial charge in [0.05, 0.1) is 5.69 Å². The summed E-state index contributed by atoms with van der Waals surface area (Å²) in [5.74, 6) is 1.27. The number of thioether (sulfide) groups is 1. The number of nitrogen functional groups attached to an aromatic ring is 1. The Hall–Kier alpha value is -2.53. The van der Waals surface area contributed by atoms with Gasteiger partial charge >= 0.3 is 0 Å². The summed E-state index contributed by atoms with van der Waals surface area (Å²) in [4.78, 5) is 8.67. The third kappa shape index (κ3) is 4.02. The molecule has 4 nitrogen and oxygen atoms in total. The first-order chi connectivity index (χ1) is 11.2. The SMILES string of the molecule is CSc1nc(N)cc(-c2cccc(OCc3ccccc3)c2)n1. The van der Waals surface area contributed by atoms with Crippen LogP contribution in [0.15, 0.2) is 65.8 Å². The molecule has 0 aliphatic rings. The van der Waals surface area contributed by atoms with E-state index in [2.05, 4.69) is 9.97 Å². The van der Waals surface area contributed by atoms with Gasteiger partial charge in [0, 0.05) is 11.6 Å². The molecule has 0 saturated heterocycles. The fourth-order valence-corrected chi connectivity index (χ4v) is 2.55. The van der Waals surface area contributed by atoms with Crippen molar-refractivity contribution in [3.63, 3.8) is 0 Å². The molecule has 0 unspecified atom stereocenters. The predicted molar refractivity (Wildman–Crippen MR) is 94.4 cm³/mol. The van der Waals surface area contributed by atoms with Gasteiger partial charge in [-0.3, -0.25) is 0 Å². The molecule has 0 aliphatic carbocycles. The number of hydrogen-bond donors (Lipinski definition) is 1. The maximum atomic E-state index is 5.86. The summed E-state index contributed by atoms with van der Waals surface area (Å²) >= 11 is 1.47. The molecule has 0 fully saturated rings. The van der Waals surface area contributed by atoms with Crippen molar-refractivity contribution in [1.82, 2.24) is 9.97 Å². The summed E-state index contributed by atoms with van der Waals surface area (Å²) in [6.45, 7) is 0.534. The maximum Gasteiger partial charge on any atom is 0.189 e. The average Bonchev–Trinajstić information content (AvgIpc) is 2.60. The molecule has 0 radical (unpaired) electrons. The average molecular weight is 323 g/mol. The zero-order valence-electron chi connectivity index (χ0n) is 12.8. The van der Waals surface area contributed by atoms with Crippen molar-refractivity contribution in [2.45, 2.75) is 11.8 Å². The molecule has 3 rings (SSSR count). The van der Waals surface area contributed by atoms with Gasteiger partial charge in [0.2, 0.25) is 0 Å². The molecular formula is C18H17N3OS. The zero-order valence-corrected chi connectivity index (χ0v) is 13.6. The monoisotopic (exact) mass is 323 g/mol. The van der Waals surface area contributed by atoms with E-state index in [-0.39, 0.29) is 0 Å². The lowest BCUT2D eigenvalue weighted by Gasteiger charge is -2.09. The van der Waals surface area contributed by atoms with Gasteiger partial charge in [0.25, 0.3) is 0 Å². The standard InChI is InChI=1S/C18H17N3OS/c1-23-18-20-16(11-17(19)21-18)14-8-5-9-15(10-14)22-12-13-6-3-2-4-7-13/h2-11H,12H2,1H3,(H2,19,20,21). The molecule has 0 amide bonds. The van der Waals surface area contributed by atoms with Crippen LogP contribution in [0.2, 0.25) is 0 Å². The molecule has 0 spiro atoms. The second kappa shape index (κ2) is 7.15. The summed E-state index contributed by atoms with van der Waals surface area (Å²) in [6, 6.07) is 19.7. The van der Waals surface area contributed by atoms with E-state index in [0.29, 0.717) is 17.6 Å². The third-order valence-corrected chi connectivity index (χ3v) is 3.83. The molecule has 0 bridgehead atoms. The van der Waals surface area contributed by atoms with Gasteiger partial charge in [-0.15, -0.1) is 0 Å². The molecule has 2 N–H and O–H groups in total. The Labute approximate surface area is 139 Å². The van der Waals surface area contributed by atoms with Crippen LogP contribution in [-0.2, 0) is 6.61 Å². The fraction of sp³-hybridized carbons (Fsp3) is 0.111. The molecule has 3 aromatic rings. The Morgan fingerprint density at radius 1 is 1.00 bits per heavy atom. The van der Waals surface area contributed by atoms with Gasteiger partial charge in [-0.25, -0.2) is 9.97 Å². The van der Waals surface area contributed by atoms with Gasteiger partial charge in [-0.05, 0) is 24.0 Å². The van der Waals surface area contributed by atoms with Crippen molar-refractivity contribution in [3.8, 4) is 17.0 Å². The summed E-state index contributed by atoms with van der Waals surface area (Å²) in [5.41, 5.74) is 8.74. The minimum Gasteiger partial charge on any atom is -0.489 e. The number of hydrogen-bond acceptors (Lipinski definition) is 5. The highest BCUT2D eigenvalue weighted by molar-refractivity contribution is 7.98. The summed E-state index contributed by atoms with van der Waals surface area (Å²) in [5, 5.41) is 0.663. The number of ether oxygens (including phenoxy) is 1. The number of nitrogens with two attached hydrogens (primary N) is 1. The van der Waals surface area contributed by atoms with E-state index in [4.69, 9.17) is 10.5 Å². The van der Waals surface area contributed by atoms with Crippen molar-refractivity contribution in [2.75, 3.05) is 12.0 Å². The lowest BCUT2D eigenvalue weighted by molar-refractivity contribution is 0.306. The summed E-state index contributed by atoms with van der Waals surface area (Å²) < 4.78 is 5.86. The van der Waals surface area contributed by atoms with Crippen molar-refractivity contribution in [2.24, 2.45) is 0 Å². The lowest BCUT2D eigenvalue weighted by Crippen LogP contribution is -1.97. The Morgan fingerprint density at radius 2 is 1.83 bits per heavy atom. The molecule has 116 valence electrons. The first-order valence-corrected chi connectivity index (χ1v) is 8.43. The third-order valence-electron chi connectivity index (χ3n) is 3.29. The van der Waals surface area contributed by atoms with E-state index in [1.54, 1.807) is 6.07 Å². The van der Waals surface area contributed by atoms with E-state index in [1.807, 2.05) is 60.9 Å². The molecular weight excluding hydrogens is 306 g/mol. The Balaban J connectivity index is 1.81. The molecule has 23 heavy (non-hydrogen) atoms. The zero-order chi connectivity index (χ0) is 16.1. The van der Waals surface area contributed by atoms with Crippen molar-refractivity contribution < 1.29 is 4.74 Å². The molecule has 0 aliphatic heterocycles. The second-order valence-electron chi connectivity index (χ2n) is 4.97. The van der Waals surface area contributed by atoms with Gasteiger partial charge < -0.3 is 10.5 Å². The van der Waals surface area contributed by atoms with Gasteiger partial charge in [0.1, 0.15) is 18.2 Å². The quantitative estimate of drug-likeness (QED) is 0.567. The topological polar surface area (TPSA) is 61.0 Å². The number of benzene rings is 2. The Morgan fingerprint density at radius 3 is 2.61 bits per heavy atom. The van der Waals surface area contributed by atoms with E-state index in [9.17, 15) is 0 Å². The van der Waals surface area contributed by atoms with Gasteiger partial charge in [-0.2, -0.15) is 0 Å². The van der Waals surface area contributed by atoms with Crippen LogP contribution in [0.4, 0.5) is 5.82 Å². The highest BCUT2D eigenvalue weighted by Crippen LogP contribution is 2.25. The van der Waals surface area contributed by atoms with Crippen molar-refractivity contribution in [3.05, 3.63) is 66.2 Å². The van der Waals surface area contributed by atoms with Crippen LogP contribution >= 0.6 is 11.8 Å². The number of nitrogens with zero attached hydrogens (tertiary/aromatic N) is 2. The van der Waals surface area contributed by atoms with Crippen LogP contribution in [0.25, 0.3) is 11.3 Å². The molecule has 1 aromatic heterocycles. The highest BCUT2D eigenvalue weighted by atomic mass is 32.2. The van der Waals surface area contributed by atoms with Crippen LogP contribution in [-0.4, -0.2) is 16.2 Å². The van der Waals surface area contributed by atoms with Crippen LogP contribution in [0, 0.1) is 0 Å². The molecule has 1 heterocycles. The molecule has 0 atom stereocenters. The van der Waals surface area contributed by atoms with E-state index >= 15 is 0 Å². The Kier molecular flexibility index (Phi) is 4.78. The van der Waals surface area contributed by atoms with Crippen LogP contribution < -0.4 is 10.5 Å². The molecule has 5 heteroatoms. The second-order valence-corrected chi connectivity index (χ2v) is 5.74. The van der Waals surface area contributed by atoms with Gasteiger partial charge in [-0.1, -0.05) is 54.2 Å². The normalized spacial score (nSPS) is 10.5. The minimum atomic E-state index is 0.468. The van der Waals surface area contributed by atoms with Crippen LogP contribution in [0.1, 0.15) is 5.56 Å². The van der Waals surface area contributed by atoms with E-state index < -0.39 is 0 Å². The van der Waals surface area contributed by atoms with Crippen LogP contribution in [0.5, 0.6) is 5.75 Å². The summed E-state index contributed by atoms with van der Waals surface area (Å²) in [6.07, 6.45) is 1.93. The highest BCUT2D eigenvalue weighted by Gasteiger charge is 2.06. The van der Waals surface area contributed by atoms with Crippen molar-refractivity contribution >= 4 is 17.6 Å². The van der Waals surface area contributed by atoms with Crippen molar-refractivity contribution in [1.29, 1.82) is 0 Å². The van der Waals surface area contributed by atoms with Gasteiger partial charge in [0.15, 0.2) is 5.16 Å². The predicted octanol–water partition coefficient (Wildman–Crippen LogP) is 4.03. The number of anilines is 1. The smallest absolute Gasteiger partial charge is 0.189 e. The number of rotatable bonds is 5. The van der Waals surface area contributed by atoms with E-state index in [1.165, 1.54) is 11.8 Å². The largest absolute Gasteiger partial charge is 0.489 e. The van der Waals surface area contributed by atoms with Crippen LogP contribution in [0.3, 0.4) is 0 Å². The minimum absolute atomic E-state index is 0.468. The molecule has 2 aromatic carbocycles. The number of aromatic nitrogens is 2. The summed E-state index contributed by atoms with van der Waals surface area (Å²) in [7, 11) is 0. The maximum absolute atomic E-state index is 5.86. The first kappa shape index (κ1) is 15.4.